The summed E-state index contributed by atoms with van der Waals surface area (Å²) in [6.45, 7) is 5.75. The zero-order valence-corrected chi connectivity index (χ0v) is 13.9. The van der Waals surface area contributed by atoms with Crippen LogP contribution in [0.1, 0.15) is 41.8 Å². The summed E-state index contributed by atoms with van der Waals surface area (Å²) in [5, 5.41) is 8.20. The smallest absolute Gasteiger partial charge is 0.244 e. The molecule has 0 amide bonds. The summed E-state index contributed by atoms with van der Waals surface area (Å²) in [4.78, 5) is 7.00. The van der Waals surface area contributed by atoms with Gasteiger partial charge in [0.2, 0.25) is 11.7 Å². The fourth-order valence-electron chi connectivity index (χ4n) is 3.30. The molecule has 3 heterocycles. The summed E-state index contributed by atoms with van der Waals surface area (Å²) in [7, 11) is 0. The largest absolute Gasteiger partial charge is 0.361 e. The molecule has 1 aromatic carbocycles. The van der Waals surface area contributed by atoms with Gasteiger partial charge in [-0.05, 0) is 33.2 Å². The third kappa shape index (κ3) is 2.73. The molecule has 0 N–H and O–H groups in total. The van der Waals surface area contributed by atoms with E-state index < -0.39 is 0 Å². The average Bonchev–Trinajstić information content (AvgIpc) is 3.32. The lowest BCUT2D eigenvalue weighted by atomic mass is 10.1. The van der Waals surface area contributed by atoms with Crippen LogP contribution in [0.2, 0.25) is 0 Å². The molecule has 1 atom stereocenters. The number of hydrogen-bond donors (Lipinski definition) is 0. The van der Waals surface area contributed by atoms with Gasteiger partial charge < -0.3 is 9.05 Å². The molecule has 2 aromatic heterocycles. The molecule has 0 aliphatic carbocycles. The molecule has 1 saturated heterocycles. The van der Waals surface area contributed by atoms with Crippen molar-refractivity contribution in [3.8, 4) is 11.4 Å². The van der Waals surface area contributed by atoms with Crippen molar-refractivity contribution >= 4 is 0 Å². The predicted octanol–water partition coefficient (Wildman–Crippen LogP) is 3.68. The molecule has 0 spiro atoms. The van der Waals surface area contributed by atoms with E-state index in [0.717, 1.165) is 48.5 Å². The average molecular weight is 324 g/mol. The lowest BCUT2D eigenvalue weighted by molar-refractivity contribution is 0.200. The highest BCUT2D eigenvalue weighted by Crippen LogP contribution is 2.34. The van der Waals surface area contributed by atoms with Gasteiger partial charge in [0, 0.05) is 17.7 Å². The third-order valence-electron chi connectivity index (χ3n) is 4.66. The van der Waals surface area contributed by atoms with Crippen molar-refractivity contribution in [2.45, 2.75) is 39.3 Å². The van der Waals surface area contributed by atoms with Crippen molar-refractivity contribution in [1.29, 1.82) is 0 Å². The van der Waals surface area contributed by atoms with E-state index in [1.54, 1.807) is 0 Å². The van der Waals surface area contributed by atoms with Crippen molar-refractivity contribution in [3.63, 3.8) is 0 Å². The van der Waals surface area contributed by atoms with Crippen LogP contribution >= 0.6 is 0 Å². The molecule has 1 aliphatic heterocycles. The highest BCUT2D eigenvalue weighted by atomic mass is 16.5. The fourth-order valence-corrected chi connectivity index (χ4v) is 3.30. The maximum absolute atomic E-state index is 5.57. The van der Waals surface area contributed by atoms with Gasteiger partial charge in [-0.15, -0.1) is 0 Å². The second kappa shape index (κ2) is 6.20. The van der Waals surface area contributed by atoms with Crippen LogP contribution in [-0.4, -0.2) is 26.7 Å². The number of hydrogen-bond acceptors (Lipinski definition) is 6. The molecule has 4 rings (SSSR count). The first-order valence-electron chi connectivity index (χ1n) is 8.27. The van der Waals surface area contributed by atoms with Gasteiger partial charge in [-0.1, -0.05) is 40.6 Å². The second-order valence-electron chi connectivity index (χ2n) is 6.25. The van der Waals surface area contributed by atoms with Crippen LogP contribution in [-0.2, 0) is 6.54 Å². The van der Waals surface area contributed by atoms with Crippen LogP contribution in [0.3, 0.4) is 0 Å². The SMILES string of the molecule is Cc1noc(C)c1CN1CCC[C@H]1c1nc(-c2ccccc2)no1. The lowest BCUT2D eigenvalue weighted by Gasteiger charge is -2.21. The first kappa shape index (κ1) is 15.1. The predicted molar refractivity (Wildman–Crippen MR) is 88.1 cm³/mol. The van der Waals surface area contributed by atoms with E-state index in [1.165, 1.54) is 0 Å². The summed E-state index contributed by atoms with van der Waals surface area (Å²) < 4.78 is 10.9. The highest BCUT2D eigenvalue weighted by Gasteiger charge is 2.32. The van der Waals surface area contributed by atoms with E-state index in [2.05, 4.69) is 20.2 Å². The van der Waals surface area contributed by atoms with Crippen LogP contribution < -0.4 is 0 Å². The van der Waals surface area contributed by atoms with Crippen molar-refractivity contribution in [2.24, 2.45) is 0 Å². The Bertz CT molecular complexity index is 805. The Labute approximate surface area is 140 Å². The quantitative estimate of drug-likeness (QED) is 0.729. The van der Waals surface area contributed by atoms with Crippen molar-refractivity contribution in [1.82, 2.24) is 20.2 Å². The summed E-state index contributed by atoms with van der Waals surface area (Å²) in [6, 6.07) is 10.1. The summed E-state index contributed by atoms with van der Waals surface area (Å²) in [5.41, 5.74) is 3.08. The van der Waals surface area contributed by atoms with Gasteiger partial charge in [0.25, 0.3) is 0 Å². The molecule has 1 fully saturated rings. The van der Waals surface area contributed by atoms with E-state index >= 15 is 0 Å². The van der Waals surface area contributed by atoms with Crippen LogP contribution in [0.25, 0.3) is 11.4 Å². The summed E-state index contributed by atoms with van der Waals surface area (Å²) in [6.07, 6.45) is 2.15. The molecule has 24 heavy (non-hydrogen) atoms. The van der Waals surface area contributed by atoms with Crippen LogP contribution in [0.5, 0.6) is 0 Å². The first-order chi connectivity index (χ1) is 11.7. The van der Waals surface area contributed by atoms with Crippen LogP contribution in [0.4, 0.5) is 0 Å². The third-order valence-corrected chi connectivity index (χ3v) is 4.66. The van der Waals surface area contributed by atoms with Gasteiger partial charge in [0.05, 0.1) is 11.7 Å². The van der Waals surface area contributed by atoms with Gasteiger partial charge in [0.1, 0.15) is 5.76 Å². The monoisotopic (exact) mass is 324 g/mol. The number of rotatable bonds is 4. The zero-order valence-electron chi connectivity index (χ0n) is 13.9. The maximum Gasteiger partial charge on any atom is 0.244 e. The number of aromatic nitrogens is 3. The molecular weight excluding hydrogens is 304 g/mol. The summed E-state index contributed by atoms with van der Waals surface area (Å²) in [5.74, 6) is 2.22. The Kier molecular flexibility index (Phi) is 3.90. The number of aryl methyl sites for hydroxylation is 2. The second-order valence-corrected chi connectivity index (χ2v) is 6.25. The van der Waals surface area contributed by atoms with Gasteiger partial charge in [-0.2, -0.15) is 4.98 Å². The van der Waals surface area contributed by atoms with Gasteiger partial charge in [0.15, 0.2) is 0 Å². The van der Waals surface area contributed by atoms with Gasteiger partial charge in [-0.25, -0.2) is 0 Å². The minimum atomic E-state index is 0.156. The summed E-state index contributed by atoms with van der Waals surface area (Å²) >= 11 is 0. The van der Waals surface area contributed by atoms with E-state index in [1.807, 2.05) is 44.2 Å². The molecule has 6 nitrogen and oxygen atoms in total. The zero-order chi connectivity index (χ0) is 16.5. The molecule has 0 unspecified atom stereocenters. The molecule has 124 valence electrons. The standard InChI is InChI=1S/C18H20N4O2/c1-12-15(13(2)23-20-12)11-22-10-6-9-16(22)18-19-17(21-24-18)14-7-4-3-5-8-14/h3-5,7-8,16H,6,9-11H2,1-2H3/t16-/m0/s1. The van der Waals surface area contributed by atoms with E-state index in [9.17, 15) is 0 Å². The number of likely N-dealkylation sites (tertiary alicyclic amines) is 1. The molecular formula is C18H20N4O2. The van der Waals surface area contributed by atoms with Crippen molar-refractivity contribution in [2.75, 3.05) is 6.54 Å². The molecule has 0 saturated carbocycles. The van der Waals surface area contributed by atoms with Gasteiger partial charge >= 0.3 is 0 Å². The number of benzene rings is 1. The van der Waals surface area contributed by atoms with E-state index in [-0.39, 0.29) is 6.04 Å². The highest BCUT2D eigenvalue weighted by molar-refractivity contribution is 5.53. The first-order valence-corrected chi connectivity index (χ1v) is 8.27. The Morgan fingerprint density at radius 3 is 2.71 bits per heavy atom. The van der Waals surface area contributed by atoms with Crippen LogP contribution in [0, 0.1) is 13.8 Å². The normalized spacial score (nSPS) is 18.3. The Balaban J connectivity index is 1.56. The van der Waals surface area contributed by atoms with E-state index in [0.29, 0.717) is 11.7 Å². The number of nitrogens with zero attached hydrogens (tertiary/aromatic N) is 4. The molecule has 6 heteroatoms. The molecule has 1 aliphatic rings. The van der Waals surface area contributed by atoms with Crippen molar-refractivity contribution < 1.29 is 9.05 Å². The fraction of sp³-hybridized carbons (Fsp3) is 0.389. The van der Waals surface area contributed by atoms with Crippen LogP contribution in [0.15, 0.2) is 39.4 Å². The molecule has 0 bridgehead atoms. The Morgan fingerprint density at radius 2 is 1.96 bits per heavy atom. The minimum absolute atomic E-state index is 0.156. The Hall–Kier alpha value is -2.47. The Morgan fingerprint density at radius 1 is 1.12 bits per heavy atom. The topological polar surface area (TPSA) is 68.2 Å². The van der Waals surface area contributed by atoms with E-state index in [4.69, 9.17) is 9.05 Å². The minimum Gasteiger partial charge on any atom is -0.361 e. The van der Waals surface area contributed by atoms with Crippen molar-refractivity contribution in [3.05, 3.63) is 53.2 Å². The molecule has 3 aromatic rings. The van der Waals surface area contributed by atoms with Gasteiger partial charge in [-0.3, -0.25) is 4.90 Å². The molecule has 0 radical (unpaired) electrons. The maximum atomic E-state index is 5.57. The lowest BCUT2D eigenvalue weighted by Crippen LogP contribution is -2.23.